The molecule has 10 rings (SSSR count). The van der Waals surface area contributed by atoms with Gasteiger partial charge < -0.3 is 4.90 Å². The lowest BCUT2D eigenvalue weighted by atomic mass is 9.82. The first-order valence-electron chi connectivity index (χ1n) is 18.6. The van der Waals surface area contributed by atoms with Crippen LogP contribution in [0.3, 0.4) is 0 Å². The number of hydrogen-bond acceptors (Lipinski definition) is 1. The van der Waals surface area contributed by atoms with Crippen molar-refractivity contribution in [3.63, 3.8) is 0 Å². The lowest BCUT2D eigenvalue weighted by molar-refractivity contribution is 0.660. The zero-order chi connectivity index (χ0) is 35.7. The molecule has 0 aromatic heterocycles. The molecule has 0 unspecified atom stereocenters. The molecule has 246 valence electrons. The van der Waals surface area contributed by atoms with Crippen LogP contribution in [0.2, 0.25) is 0 Å². The van der Waals surface area contributed by atoms with E-state index in [0.29, 0.717) is 6.04 Å². The van der Waals surface area contributed by atoms with Gasteiger partial charge in [0.05, 0.1) is 1.37 Å². The zero-order valence-corrected chi connectivity index (χ0v) is 29.3. The molecule has 1 heteroatoms. The third-order valence-electron chi connectivity index (χ3n) is 11.2. The van der Waals surface area contributed by atoms with Gasteiger partial charge in [-0.1, -0.05) is 159 Å². The van der Waals surface area contributed by atoms with Gasteiger partial charge >= 0.3 is 0 Å². The van der Waals surface area contributed by atoms with E-state index in [2.05, 4.69) is 189 Å². The van der Waals surface area contributed by atoms with E-state index in [4.69, 9.17) is 1.37 Å². The molecular formula is C51H37N. The topological polar surface area (TPSA) is 3.24 Å². The van der Waals surface area contributed by atoms with Crippen LogP contribution >= 0.6 is 0 Å². The van der Waals surface area contributed by atoms with Crippen molar-refractivity contribution in [2.75, 3.05) is 4.90 Å². The SMILES string of the molecule is [2H]c1ccc2c3ccc(-c4cccc(N(c5ccc(-c6ccccc6)cc5)c5ccc6c(c5)C(C)(C)c5ccccc5-6)c4)cc3c3ccccc3c2c1. The van der Waals surface area contributed by atoms with Gasteiger partial charge in [-0.3, -0.25) is 0 Å². The first kappa shape index (κ1) is 29.3. The Morgan fingerprint density at radius 2 is 0.923 bits per heavy atom. The maximum absolute atomic E-state index is 8.32. The van der Waals surface area contributed by atoms with Gasteiger partial charge in [-0.05, 0) is 119 Å². The fourth-order valence-corrected chi connectivity index (χ4v) is 8.56. The predicted octanol–water partition coefficient (Wildman–Crippen LogP) is 14.3. The van der Waals surface area contributed by atoms with Crippen LogP contribution in [-0.4, -0.2) is 0 Å². The first-order chi connectivity index (χ1) is 25.9. The average molecular weight is 665 g/mol. The van der Waals surface area contributed by atoms with E-state index in [9.17, 15) is 0 Å². The van der Waals surface area contributed by atoms with E-state index in [1.165, 1.54) is 65.9 Å². The summed E-state index contributed by atoms with van der Waals surface area (Å²) in [5.41, 5.74) is 13.4. The molecule has 9 aromatic carbocycles. The van der Waals surface area contributed by atoms with Gasteiger partial charge in [0.25, 0.3) is 0 Å². The summed E-state index contributed by atoms with van der Waals surface area (Å²) >= 11 is 0. The third-order valence-corrected chi connectivity index (χ3v) is 11.2. The zero-order valence-electron chi connectivity index (χ0n) is 30.3. The molecule has 0 saturated carbocycles. The number of nitrogens with zero attached hydrogens (tertiary/aromatic N) is 1. The number of anilines is 3. The Kier molecular flexibility index (Phi) is 6.66. The molecule has 0 N–H and O–H groups in total. The van der Waals surface area contributed by atoms with Crippen molar-refractivity contribution in [1.82, 2.24) is 0 Å². The number of benzene rings is 9. The van der Waals surface area contributed by atoms with Crippen LogP contribution in [0.15, 0.2) is 188 Å². The van der Waals surface area contributed by atoms with Crippen molar-refractivity contribution in [1.29, 1.82) is 0 Å². The summed E-state index contributed by atoms with van der Waals surface area (Å²) < 4.78 is 8.32. The normalized spacial score (nSPS) is 13.2. The second-order valence-corrected chi connectivity index (χ2v) is 14.5. The molecule has 1 aliphatic rings. The highest BCUT2D eigenvalue weighted by Crippen LogP contribution is 2.51. The van der Waals surface area contributed by atoms with Gasteiger partial charge in [0.15, 0.2) is 0 Å². The lowest BCUT2D eigenvalue weighted by Gasteiger charge is -2.28. The summed E-state index contributed by atoms with van der Waals surface area (Å²) in [5, 5.41) is 7.14. The highest BCUT2D eigenvalue weighted by atomic mass is 15.1. The van der Waals surface area contributed by atoms with E-state index in [1.54, 1.807) is 0 Å². The lowest BCUT2D eigenvalue weighted by Crippen LogP contribution is -2.16. The molecule has 1 nitrogen and oxygen atoms in total. The van der Waals surface area contributed by atoms with Crippen molar-refractivity contribution >= 4 is 49.4 Å². The molecular weight excluding hydrogens is 627 g/mol. The van der Waals surface area contributed by atoms with E-state index in [1.807, 2.05) is 12.1 Å². The van der Waals surface area contributed by atoms with Crippen molar-refractivity contribution in [3.8, 4) is 33.4 Å². The second kappa shape index (κ2) is 11.8. The highest BCUT2D eigenvalue weighted by molar-refractivity contribution is 6.25. The van der Waals surface area contributed by atoms with Gasteiger partial charge in [0, 0.05) is 22.5 Å². The van der Waals surface area contributed by atoms with Crippen molar-refractivity contribution in [2.24, 2.45) is 0 Å². The molecule has 0 radical (unpaired) electrons. The summed E-state index contributed by atoms with van der Waals surface area (Å²) in [6.45, 7) is 4.69. The van der Waals surface area contributed by atoms with Crippen LogP contribution in [0.25, 0.3) is 65.7 Å². The van der Waals surface area contributed by atoms with Gasteiger partial charge in [-0.25, -0.2) is 0 Å². The van der Waals surface area contributed by atoms with Gasteiger partial charge in [-0.2, -0.15) is 0 Å². The largest absolute Gasteiger partial charge is 0.310 e. The maximum Gasteiger partial charge on any atom is 0.0623 e. The molecule has 0 spiro atoms. The Hall–Kier alpha value is -6.44. The van der Waals surface area contributed by atoms with Crippen LogP contribution < -0.4 is 4.90 Å². The number of hydrogen-bond donors (Lipinski definition) is 0. The molecule has 1 aliphatic carbocycles. The Balaban J connectivity index is 1.13. The molecule has 52 heavy (non-hydrogen) atoms. The second-order valence-electron chi connectivity index (χ2n) is 14.5. The van der Waals surface area contributed by atoms with Crippen molar-refractivity contribution in [2.45, 2.75) is 19.3 Å². The van der Waals surface area contributed by atoms with Gasteiger partial charge in [0.1, 0.15) is 0 Å². The fourth-order valence-electron chi connectivity index (χ4n) is 8.56. The van der Waals surface area contributed by atoms with Crippen LogP contribution in [0.1, 0.15) is 26.3 Å². The molecule has 0 aliphatic heterocycles. The Labute approximate surface area is 306 Å². The van der Waals surface area contributed by atoms with E-state index < -0.39 is 0 Å². The standard InChI is InChI=1S/C51H37N/c1-51(2)49-22-11-10-21-46(49)47-30-28-40(33-50(47)51)52(38-26-23-35(24-27-38)34-13-4-3-5-14-34)39-16-12-15-36(31-39)37-25-29-45-43-19-7-6-17-41(43)42-18-8-9-20-44(42)48(45)32-37/h3-33H,1-2H3/i6D. The monoisotopic (exact) mass is 664 g/mol. The van der Waals surface area contributed by atoms with Crippen molar-refractivity contribution in [3.05, 3.63) is 199 Å². The number of fused-ring (bicyclic) bond motifs is 9. The Bertz CT molecular complexity index is 2850. The first-order valence-corrected chi connectivity index (χ1v) is 18.1. The minimum Gasteiger partial charge on any atom is -0.310 e. The maximum atomic E-state index is 8.32. The molecule has 0 atom stereocenters. The summed E-state index contributed by atoms with van der Waals surface area (Å²) in [7, 11) is 0. The number of rotatable bonds is 5. The molecule has 0 heterocycles. The Morgan fingerprint density at radius 1 is 0.365 bits per heavy atom. The third kappa shape index (κ3) is 4.77. The van der Waals surface area contributed by atoms with Gasteiger partial charge in [0.2, 0.25) is 0 Å². The molecule has 0 amide bonds. The van der Waals surface area contributed by atoms with Crippen LogP contribution in [-0.2, 0) is 5.41 Å². The van der Waals surface area contributed by atoms with E-state index >= 15 is 0 Å². The molecule has 0 fully saturated rings. The van der Waals surface area contributed by atoms with Crippen LogP contribution in [0.5, 0.6) is 0 Å². The van der Waals surface area contributed by atoms with Crippen LogP contribution in [0, 0.1) is 0 Å². The minimum absolute atomic E-state index is 0.104. The summed E-state index contributed by atoms with van der Waals surface area (Å²) in [6, 6.07) is 66.3. The predicted molar refractivity (Wildman–Crippen MR) is 222 cm³/mol. The van der Waals surface area contributed by atoms with Crippen LogP contribution in [0.4, 0.5) is 17.1 Å². The van der Waals surface area contributed by atoms with Gasteiger partial charge in [-0.15, -0.1) is 0 Å². The minimum atomic E-state index is -0.104. The molecule has 9 aromatic rings. The highest BCUT2D eigenvalue weighted by Gasteiger charge is 2.35. The molecule has 0 bridgehead atoms. The smallest absolute Gasteiger partial charge is 0.0623 e. The quantitative estimate of drug-likeness (QED) is 0.166. The van der Waals surface area contributed by atoms with E-state index in [0.717, 1.165) is 28.0 Å². The summed E-state index contributed by atoms with van der Waals surface area (Å²) in [6.07, 6.45) is 0. The fraction of sp³-hybridized carbons (Fsp3) is 0.0588. The summed E-state index contributed by atoms with van der Waals surface area (Å²) in [4.78, 5) is 2.40. The average Bonchev–Trinajstić information content (AvgIpc) is 3.44. The molecule has 0 saturated heterocycles. The van der Waals surface area contributed by atoms with E-state index in [-0.39, 0.29) is 5.41 Å². The Morgan fingerprint density at radius 3 is 1.75 bits per heavy atom. The van der Waals surface area contributed by atoms with Crippen molar-refractivity contribution < 1.29 is 1.37 Å². The summed E-state index contributed by atoms with van der Waals surface area (Å²) in [5.74, 6) is 0.